The van der Waals surface area contributed by atoms with Gasteiger partial charge in [-0.3, -0.25) is 0 Å². The van der Waals surface area contributed by atoms with Crippen molar-refractivity contribution in [3.8, 4) is 0 Å². The molecule has 22 heavy (non-hydrogen) atoms. The van der Waals surface area contributed by atoms with Crippen LogP contribution in [-0.4, -0.2) is 6.18 Å². The van der Waals surface area contributed by atoms with E-state index in [-0.39, 0.29) is 5.56 Å². The van der Waals surface area contributed by atoms with E-state index >= 15 is 0 Å². The SMILES string of the molecule is CCCCCCc1cc([C@H](N)C(F)(F)F)cc2ccccc12. The molecule has 0 aliphatic carbocycles. The molecule has 0 bridgehead atoms. The second-order valence-electron chi connectivity index (χ2n) is 5.73. The number of aryl methyl sites for hydroxylation is 1. The van der Waals surface area contributed by atoms with E-state index in [4.69, 9.17) is 5.73 Å². The Kier molecular flexibility index (Phi) is 5.46. The standard InChI is InChI=1S/C18H22F3N/c1-2-3-4-5-8-13-11-15(17(22)18(19,20)21)12-14-9-6-7-10-16(13)14/h6-7,9-12,17H,2-5,8,22H2,1H3/t17-/m0/s1. The average Bonchev–Trinajstić information content (AvgIpc) is 2.49. The van der Waals surface area contributed by atoms with Gasteiger partial charge < -0.3 is 5.73 Å². The highest BCUT2D eigenvalue weighted by atomic mass is 19.4. The van der Waals surface area contributed by atoms with Crippen molar-refractivity contribution >= 4 is 10.8 Å². The Hall–Kier alpha value is -1.55. The summed E-state index contributed by atoms with van der Waals surface area (Å²) in [6.45, 7) is 2.14. The van der Waals surface area contributed by atoms with E-state index in [0.717, 1.165) is 48.4 Å². The number of hydrogen-bond acceptors (Lipinski definition) is 1. The van der Waals surface area contributed by atoms with E-state index in [9.17, 15) is 13.2 Å². The number of halogens is 3. The van der Waals surface area contributed by atoms with Gasteiger partial charge in [-0.1, -0.05) is 56.5 Å². The molecule has 0 saturated heterocycles. The minimum atomic E-state index is -4.41. The molecule has 120 valence electrons. The Morgan fingerprint density at radius 3 is 2.45 bits per heavy atom. The Balaban J connectivity index is 2.35. The van der Waals surface area contributed by atoms with E-state index in [1.807, 2.05) is 24.3 Å². The fraction of sp³-hybridized carbons (Fsp3) is 0.444. The highest BCUT2D eigenvalue weighted by molar-refractivity contribution is 5.86. The molecule has 2 aromatic rings. The summed E-state index contributed by atoms with van der Waals surface area (Å²) >= 11 is 0. The zero-order valence-corrected chi connectivity index (χ0v) is 12.8. The quantitative estimate of drug-likeness (QED) is 0.698. The van der Waals surface area contributed by atoms with Gasteiger partial charge in [-0.2, -0.15) is 13.2 Å². The number of nitrogens with two attached hydrogens (primary N) is 1. The molecule has 0 aliphatic rings. The van der Waals surface area contributed by atoms with Crippen molar-refractivity contribution in [1.82, 2.24) is 0 Å². The molecule has 4 heteroatoms. The molecule has 2 aromatic carbocycles. The molecule has 2 N–H and O–H groups in total. The zero-order valence-electron chi connectivity index (χ0n) is 12.8. The van der Waals surface area contributed by atoms with E-state index in [1.54, 1.807) is 12.1 Å². The van der Waals surface area contributed by atoms with Crippen molar-refractivity contribution in [1.29, 1.82) is 0 Å². The molecular weight excluding hydrogens is 287 g/mol. The zero-order chi connectivity index (χ0) is 16.2. The van der Waals surface area contributed by atoms with Crippen molar-refractivity contribution in [2.24, 2.45) is 5.73 Å². The summed E-state index contributed by atoms with van der Waals surface area (Å²) in [5.41, 5.74) is 6.49. The van der Waals surface area contributed by atoms with Crippen LogP contribution in [-0.2, 0) is 6.42 Å². The largest absolute Gasteiger partial charge is 0.407 e. The first-order chi connectivity index (χ1) is 10.4. The summed E-state index contributed by atoms with van der Waals surface area (Å²) in [5, 5.41) is 1.85. The van der Waals surface area contributed by atoms with Gasteiger partial charge in [-0.25, -0.2) is 0 Å². The van der Waals surface area contributed by atoms with E-state index in [1.165, 1.54) is 0 Å². The smallest absolute Gasteiger partial charge is 0.316 e. The second kappa shape index (κ2) is 7.14. The average molecular weight is 309 g/mol. The fourth-order valence-corrected chi connectivity index (χ4v) is 2.73. The van der Waals surface area contributed by atoms with Crippen LogP contribution in [0.3, 0.4) is 0 Å². The lowest BCUT2D eigenvalue weighted by Crippen LogP contribution is -2.28. The van der Waals surface area contributed by atoms with Crippen molar-refractivity contribution in [3.63, 3.8) is 0 Å². The van der Waals surface area contributed by atoms with Crippen LogP contribution in [0, 0.1) is 0 Å². The molecular formula is C18H22F3N. The molecule has 2 rings (SSSR count). The molecule has 1 nitrogen and oxygen atoms in total. The summed E-state index contributed by atoms with van der Waals surface area (Å²) in [6, 6.07) is 8.83. The molecule has 0 aliphatic heterocycles. The van der Waals surface area contributed by atoms with Gasteiger partial charge in [0.2, 0.25) is 0 Å². The molecule has 0 saturated carbocycles. The summed E-state index contributed by atoms with van der Waals surface area (Å²) < 4.78 is 38.7. The second-order valence-corrected chi connectivity index (χ2v) is 5.73. The van der Waals surface area contributed by atoms with E-state index in [2.05, 4.69) is 6.92 Å². The van der Waals surface area contributed by atoms with Crippen molar-refractivity contribution in [3.05, 3.63) is 47.5 Å². The van der Waals surface area contributed by atoms with Crippen LogP contribution in [0.5, 0.6) is 0 Å². The van der Waals surface area contributed by atoms with Crippen LogP contribution in [0.1, 0.15) is 49.8 Å². The van der Waals surface area contributed by atoms with Gasteiger partial charge in [0, 0.05) is 0 Å². The molecule has 0 aromatic heterocycles. The van der Waals surface area contributed by atoms with Gasteiger partial charge in [0.25, 0.3) is 0 Å². The lowest BCUT2D eigenvalue weighted by atomic mass is 9.94. The Morgan fingerprint density at radius 1 is 1.05 bits per heavy atom. The van der Waals surface area contributed by atoms with E-state index in [0.29, 0.717) is 0 Å². The topological polar surface area (TPSA) is 26.0 Å². The van der Waals surface area contributed by atoms with Crippen LogP contribution < -0.4 is 5.73 Å². The van der Waals surface area contributed by atoms with Crippen LogP contribution in [0.2, 0.25) is 0 Å². The monoisotopic (exact) mass is 309 g/mol. The Morgan fingerprint density at radius 2 is 1.77 bits per heavy atom. The minimum absolute atomic E-state index is 0.150. The molecule has 0 radical (unpaired) electrons. The molecule has 1 atom stereocenters. The van der Waals surface area contributed by atoms with Gasteiger partial charge in [0.05, 0.1) is 0 Å². The minimum Gasteiger partial charge on any atom is -0.316 e. The predicted octanol–water partition coefficient (Wildman–Crippen LogP) is 5.52. The third kappa shape index (κ3) is 4.01. The van der Waals surface area contributed by atoms with Gasteiger partial charge in [0.15, 0.2) is 0 Å². The molecule has 0 fully saturated rings. The highest BCUT2D eigenvalue weighted by Gasteiger charge is 2.38. The van der Waals surface area contributed by atoms with Crippen LogP contribution >= 0.6 is 0 Å². The maximum absolute atomic E-state index is 12.9. The van der Waals surface area contributed by atoms with E-state index < -0.39 is 12.2 Å². The Labute approximate surface area is 129 Å². The first-order valence-electron chi connectivity index (χ1n) is 7.77. The summed E-state index contributed by atoms with van der Waals surface area (Å²) in [5.74, 6) is 0. The van der Waals surface area contributed by atoms with Gasteiger partial charge in [0.1, 0.15) is 6.04 Å². The molecule has 0 amide bonds. The van der Waals surface area contributed by atoms with Crippen molar-refractivity contribution < 1.29 is 13.2 Å². The lowest BCUT2D eigenvalue weighted by Gasteiger charge is -2.18. The number of benzene rings is 2. The first kappa shape index (κ1) is 16.8. The normalized spacial score (nSPS) is 13.5. The van der Waals surface area contributed by atoms with Crippen LogP contribution in [0.15, 0.2) is 36.4 Å². The number of unbranched alkanes of at least 4 members (excludes halogenated alkanes) is 3. The number of rotatable bonds is 6. The van der Waals surface area contributed by atoms with Crippen LogP contribution in [0.4, 0.5) is 13.2 Å². The summed E-state index contributed by atoms with van der Waals surface area (Å²) in [4.78, 5) is 0. The maximum atomic E-state index is 12.9. The predicted molar refractivity (Wildman–Crippen MR) is 84.8 cm³/mol. The number of fused-ring (bicyclic) bond motifs is 1. The molecule has 0 spiro atoms. The number of hydrogen-bond donors (Lipinski definition) is 1. The lowest BCUT2D eigenvalue weighted by molar-refractivity contribution is -0.149. The Bertz CT molecular complexity index is 619. The number of alkyl halides is 3. The maximum Gasteiger partial charge on any atom is 0.407 e. The van der Waals surface area contributed by atoms with Gasteiger partial charge in [-0.15, -0.1) is 0 Å². The summed E-state index contributed by atoms with van der Waals surface area (Å²) in [7, 11) is 0. The third-order valence-electron chi connectivity index (χ3n) is 3.98. The van der Waals surface area contributed by atoms with Crippen molar-refractivity contribution in [2.75, 3.05) is 0 Å². The first-order valence-corrected chi connectivity index (χ1v) is 7.77. The van der Waals surface area contributed by atoms with Crippen molar-refractivity contribution in [2.45, 2.75) is 51.2 Å². The van der Waals surface area contributed by atoms with Crippen LogP contribution in [0.25, 0.3) is 10.8 Å². The summed E-state index contributed by atoms with van der Waals surface area (Å²) in [6.07, 6.45) is 0.753. The molecule has 0 heterocycles. The van der Waals surface area contributed by atoms with Gasteiger partial charge >= 0.3 is 6.18 Å². The highest BCUT2D eigenvalue weighted by Crippen LogP contribution is 2.33. The third-order valence-corrected chi connectivity index (χ3v) is 3.98. The fourth-order valence-electron chi connectivity index (χ4n) is 2.73. The molecule has 0 unspecified atom stereocenters. The van der Waals surface area contributed by atoms with Gasteiger partial charge in [-0.05, 0) is 40.8 Å².